The van der Waals surface area contributed by atoms with Gasteiger partial charge in [-0.15, -0.1) is 36.3 Å². The molecule has 6 unspecified atom stereocenters. The van der Waals surface area contributed by atoms with Crippen LogP contribution in [0.4, 0.5) is 3.50 Å². The van der Waals surface area contributed by atoms with Gasteiger partial charge in [-0.25, -0.2) is 0 Å². The van der Waals surface area contributed by atoms with Crippen molar-refractivity contribution in [2.75, 3.05) is 0 Å². The minimum atomic E-state index is -2.94. The summed E-state index contributed by atoms with van der Waals surface area (Å²) in [6.07, 6.45) is 7.03. The summed E-state index contributed by atoms with van der Waals surface area (Å²) in [5.74, 6) is 3.49. The van der Waals surface area contributed by atoms with E-state index in [0.717, 1.165) is 4.40 Å². The molecule has 0 spiro atoms. The molecule has 37 heavy (non-hydrogen) atoms. The Morgan fingerprint density at radius 1 is 0.541 bits per heavy atom. The zero-order valence-corrected chi connectivity index (χ0v) is 32.9. The fourth-order valence-electron chi connectivity index (χ4n) is 2.71. The summed E-state index contributed by atoms with van der Waals surface area (Å²) in [4.78, 5) is 0. The van der Waals surface area contributed by atoms with Gasteiger partial charge in [0.1, 0.15) is 0 Å². The Morgan fingerprint density at radius 3 is 0.838 bits per heavy atom. The molecule has 6 atom stereocenters. The maximum atomic E-state index is 13.1. The van der Waals surface area contributed by atoms with Crippen molar-refractivity contribution in [3.63, 3.8) is 0 Å². The van der Waals surface area contributed by atoms with Crippen molar-refractivity contribution >= 4 is 18.1 Å². The number of rotatable bonds is 13. The molecule has 0 amide bonds. The second-order valence-electron chi connectivity index (χ2n) is 10.6. The molecule has 0 aromatic heterocycles. The summed E-state index contributed by atoms with van der Waals surface area (Å²) in [7, 11) is 0. The van der Waals surface area contributed by atoms with Crippen LogP contribution in [0.25, 0.3) is 16.0 Å². The van der Waals surface area contributed by atoms with Gasteiger partial charge in [0.05, 0.1) is 0 Å². The molecule has 1 rings (SSSR count). The van der Waals surface area contributed by atoms with Crippen LogP contribution < -0.4 is 4.40 Å². The van der Waals surface area contributed by atoms with E-state index in [2.05, 4.69) is 99.0 Å². The topological polar surface area (TPSA) is 42.3 Å². The van der Waals surface area contributed by atoms with Gasteiger partial charge in [-0.3, -0.25) is 0 Å². The van der Waals surface area contributed by atoms with Crippen molar-refractivity contribution in [3.05, 3.63) is 40.2 Å². The average Bonchev–Trinajstić information content (AvgIpc) is 3.40. The Balaban J connectivity index is -0.000000194. The molecular formula is C31H64FGeHfN3. The van der Waals surface area contributed by atoms with E-state index in [1.54, 1.807) is 11.5 Å². The predicted octanol–water partition coefficient (Wildman–Crippen LogP) is 10.7. The Morgan fingerprint density at radius 2 is 0.730 bits per heavy atom. The maximum Gasteiger partial charge on any atom is 4.00 e. The van der Waals surface area contributed by atoms with Crippen molar-refractivity contribution in [1.82, 2.24) is 0 Å². The van der Waals surface area contributed by atoms with Gasteiger partial charge >= 0.3 is 83.2 Å². The van der Waals surface area contributed by atoms with E-state index in [1.165, 1.54) is 38.5 Å². The summed E-state index contributed by atoms with van der Waals surface area (Å²) in [6.45, 7) is 26.1. The van der Waals surface area contributed by atoms with Crippen molar-refractivity contribution in [2.24, 2.45) is 0 Å². The maximum absolute atomic E-state index is 13.1. The van der Waals surface area contributed by atoms with Crippen LogP contribution in [-0.2, 0) is 25.8 Å². The number of hydrogen-bond acceptors (Lipinski definition) is 0. The largest absolute Gasteiger partial charge is 4.00 e. The molecule has 1 aromatic rings. The quantitative estimate of drug-likeness (QED) is 0.142. The molecule has 0 saturated carbocycles. The summed E-state index contributed by atoms with van der Waals surface area (Å²) < 4.78 is 14.1. The SMILES string of the molecule is CCC(C)[N-]C(C)CC.CCC(C)[N-]C(C)CC.CCC(C)[N-]C(C)CC.[CH3][Ge]([CH3])([F])[c-]1cccc1.[Hf+4]. The third-order valence-electron chi connectivity index (χ3n) is 6.42. The molecule has 3 nitrogen and oxygen atoms in total. The van der Waals surface area contributed by atoms with E-state index in [-0.39, 0.29) is 25.8 Å². The van der Waals surface area contributed by atoms with E-state index in [9.17, 15) is 3.50 Å². The average molecular weight is 749 g/mol. The first-order valence-corrected chi connectivity index (χ1v) is 20.8. The van der Waals surface area contributed by atoms with Crippen molar-refractivity contribution in [3.8, 4) is 0 Å². The number of nitrogens with zero attached hydrogens (tertiary/aromatic N) is 3. The molecule has 0 N–H and O–H groups in total. The molecule has 0 fully saturated rings. The molecular weight excluding hydrogens is 684 g/mol. The summed E-state index contributed by atoms with van der Waals surface area (Å²) in [6, 6.07) is 10.9. The van der Waals surface area contributed by atoms with E-state index in [0.29, 0.717) is 36.3 Å². The molecule has 0 radical (unpaired) electrons. The third-order valence-corrected chi connectivity index (χ3v) is 10.0. The summed E-state index contributed by atoms with van der Waals surface area (Å²) >= 11 is -2.94. The minimum absolute atomic E-state index is 0. The van der Waals surface area contributed by atoms with Crippen LogP contribution in [0.1, 0.15) is 122 Å². The van der Waals surface area contributed by atoms with Crippen LogP contribution in [0.2, 0.25) is 11.5 Å². The summed E-state index contributed by atoms with van der Waals surface area (Å²) in [5.41, 5.74) is 0. The van der Waals surface area contributed by atoms with Gasteiger partial charge < -0.3 is 16.0 Å². The molecule has 0 bridgehead atoms. The number of hydrogen-bond donors (Lipinski definition) is 0. The first-order valence-electron chi connectivity index (χ1n) is 14.7. The molecule has 218 valence electrons. The van der Waals surface area contributed by atoms with Crippen LogP contribution in [0.3, 0.4) is 0 Å². The smallest absolute Gasteiger partial charge is 4.00 e. The predicted molar refractivity (Wildman–Crippen MR) is 169 cm³/mol. The van der Waals surface area contributed by atoms with Gasteiger partial charge in [0.15, 0.2) is 0 Å². The van der Waals surface area contributed by atoms with E-state index in [1.807, 2.05) is 24.3 Å². The van der Waals surface area contributed by atoms with Crippen LogP contribution in [0.5, 0.6) is 0 Å². The first kappa shape index (κ1) is 44.6. The van der Waals surface area contributed by atoms with E-state index >= 15 is 0 Å². The Kier molecular flexibility index (Phi) is 33.9. The Bertz CT molecular complexity index is 484. The van der Waals surface area contributed by atoms with Crippen molar-refractivity contribution < 1.29 is 29.3 Å². The van der Waals surface area contributed by atoms with Gasteiger partial charge in [0.2, 0.25) is 0 Å². The second-order valence-corrected chi connectivity index (χ2v) is 18.0. The Labute approximate surface area is 255 Å². The minimum Gasteiger partial charge on any atom is 4.00 e. The van der Waals surface area contributed by atoms with Gasteiger partial charge in [0, 0.05) is 0 Å². The zero-order chi connectivity index (χ0) is 28.7. The molecule has 0 saturated heterocycles. The van der Waals surface area contributed by atoms with Gasteiger partial charge in [-0.05, 0) is 0 Å². The van der Waals surface area contributed by atoms with Crippen molar-refractivity contribution in [1.29, 1.82) is 0 Å². The Hall–Kier alpha value is 0.573. The standard InChI is InChI=1S/3C8H18N.C7H10FGe.Hf/c3*1-5-7(3)9-8(4)6-2;1-9(2,8)7-5-3-4-6-7;/h3*7-8H,5-6H2,1-4H3;3-6H,1-2H3;/q4*-1;+4. The molecule has 0 aliphatic heterocycles. The van der Waals surface area contributed by atoms with Gasteiger partial charge in [-0.2, -0.15) is 0 Å². The normalized spacial score (nSPS) is 15.5. The molecule has 0 aliphatic carbocycles. The molecule has 6 heteroatoms. The molecule has 1 aromatic carbocycles. The van der Waals surface area contributed by atoms with Crippen molar-refractivity contribution in [2.45, 2.75) is 169 Å². The van der Waals surface area contributed by atoms with Gasteiger partial charge in [0.25, 0.3) is 0 Å². The van der Waals surface area contributed by atoms with Gasteiger partial charge in [-0.1, -0.05) is 122 Å². The zero-order valence-electron chi connectivity index (χ0n) is 27.2. The summed E-state index contributed by atoms with van der Waals surface area (Å²) in [5, 5.41) is 13.5. The third kappa shape index (κ3) is 31.0. The second kappa shape index (κ2) is 28.1. The fraction of sp³-hybridized carbons (Fsp3) is 0.839. The van der Waals surface area contributed by atoms with Crippen LogP contribution in [0.15, 0.2) is 24.3 Å². The number of halogens is 1. The molecule has 0 heterocycles. The van der Waals surface area contributed by atoms with Crippen LogP contribution in [-0.4, -0.2) is 50.0 Å². The monoisotopic (exact) mass is 751 g/mol. The van der Waals surface area contributed by atoms with E-state index in [4.69, 9.17) is 0 Å². The van der Waals surface area contributed by atoms with E-state index < -0.39 is 13.7 Å². The fourth-order valence-corrected chi connectivity index (χ4v) is 4.77. The van der Waals surface area contributed by atoms with Crippen LogP contribution in [0, 0.1) is 0 Å². The first-order chi connectivity index (χ1) is 16.7. The molecule has 0 aliphatic rings. The van der Waals surface area contributed by atoms with Crippen LogP contribution >= 0.6 is 0 Å².